The molecular weight excluding hydrogens is 283 g/mol. The Labute approximate surface area is 118 Å². The maximum Gasteiger partial charge on any atom is 0.211 e. The third-order valence-corrected chi connectivity index (χ3v) is 4.70. The molecule has 0 aliphatic carbocycles. The molecule has 20 heavy (non-hydrogen) atoms. The molecule has 0 saturated carbocycles. The lowest BCUT2D eigenvalue weighted by Gasteiger charge is -2.35. The van der Waals surface area contributed by atoms with Crippen molar-refractivity contribution in [3.05, 3.63) is 29.6 Å². The summed E-state index contributed by atoms with van der Waals surface area (Å²) in [5, 5.41) is 0. The standard InChI is InChI=1S/C13H17FN2O3S/c1-10(17)13-11(14)4-3-5-12(13)15-6-8-16(9-7-15)20(2,18)19/h3-5H,6-9H2,1-2H3. The van der Waals surface area contributed by atoms with E-state index in [4.69, 9.17) is 0 Å². The van der Waals surface area contributed by atoms with E-state index in [0.29, 0.717) is 31.9 Å². The van der Waals surface area contributed by atoms with Crippen molar-refractivity contribution in [1.29, 1.82) is 0 Å². The Balaban J connectivity index is 2.24. The third kappa shape index (κ3) is 2.99. The van der Waals surface area contributed by atoms with Crippen LogP contribution < -0.4 is 4.90 Å². The average molecular weight is 300 g/mol. The summed E-state index contributed by atoms with van der Waals surface area (Å²) in [6, 6.07) is 4.50. The van der Waals surface area contributed by atoms with E-state index in [9.17, 15) is 17.6 Å². The van der Waals surface area contributed by atoms with Crippen LogP contribution in [-0.4, -0.2) is 50.9 Å². The fourth-order valence-corrected chi connectivity index (χ4v) is 3.21. The van der Waals surface area contributed by atoms with Gasteiger partial charge in [0.05, 0.1) is 17.5 Å². The van der Waals surface area contributed by atoms with Gasteiger partial charge in [-0.25, -0.2) is 12.8 Å². The van der Waals surface area contributed by atoms with Gasteiger partial charge in [0.2, 0.25) is 10.0 Å². The minimum Gasteiger partial charge on any atom is -0.368 e. The highest BCUT2D eigenvalue weighted by molar-refractivity contribution is 7.88. The largest absolute Gasteiger partial charge is 0.368 e. The fraction of sp³-hybridized carbons (Fsp3) is 0.462. The van der Waals surface area contributed by atoms with Gasteiger partial charge in [0, 0.05) is 26.2 Å². The first kappa shape index (κ1) is 14.9. The molecule has 110 valence electrons. The highest BCUT2D eigenvalue weighted by Crippen LogP contribution is 2.25. The molecule has 0 amide bonds. The molecule has 1 aliphatic heterocycles. The molecule has 1 aliphatic rings. The highest BCUT2D eigenvalue weighted by Gasteiger charge is 2.26. The molecule has 5 nitrogen and oxygen atoms in total. The molecule has 0 spiro atoms. The van der Waals surface area contributed by atoms with Gasteiger partial charge in [-0.1, -0.05) is 6.07 Å². The number of hydrogen-bond donors (Lipinski definition) is 0. The van der Waals surface area contributed by atoms with Gasteiger partial charge in [-0.3, -0.25) is 4.79 Å². The van der Waals surface area contributed by atoms with Gasteiger partial charge < -0.3 is 4.90 Å². The van der Waals surface area contributed by atoms with E-state index in [0.717, 1.165) is 0 Å². The second-order valence-corrected chi connectivity index (χ2v) is 6.82. The van der Waals surface area contributed by atoms with Crippen molar-refractivity contribution in [2.24, 2.45) is 0 Å². The molecule has 1 aromatic rings. The first-order valence-corrected chi connectivity index (χ1v) is 8.15. The Morgan fingerprint density at radius 3 is 2.30 bits per heavy atom. The van der Waals surface area contributed by atoms with Crippen LogP contribution in [0.5, 0.6) is 0 Å². The molecular formula is C13H17FN2O3S. The quantitative estimate of drug-likeness (QED) is 0.785. The lowest BCUT2D eigenvalue weighted by atomic mass is 10.1. The Morgan fingerprint density at radius 2 is 1.80 bits per heavy atom. The monoisotopic (exact) mass is 300 g/mol. The van der Waals surface area contributed by atoms with Crippen LogP contribution in [0.2, 0.25) is 0 Å². The minimum absolute atomic E-state index is 0.0697. The molecule has 0 radical (unpaired) electrons. The number of rotatable bonds is 3. The molecule has 1 fully saturated rings. The predicted molar refractivity (Wildman–Crippen MR) is 75.0 cm³/mol. The molecule has 7 heteroatoms. The van der Waals surface area contributed by atoms with Crippen LogP contribution >= 0.6 is 0 Å². The second kappa shape index (κ2) is 5.49. The van der Waals surface area contributed by atoms with Crippen molar-refractivity contribution in [3.8, 4) is 0 Å². The molecule has 1 heterocycles. The van der Waals surface area contributed by atoms with E-state index in [1.807, 2.05) is 4.90 Å². The van der Waals surface area contributed by atoms with Crippen molar-refractivity contribution in [1.82, 2.24) is 4.31 Å². The third-order valence-electron chi connectivity index (χ3n) is 3.39. The maximum absolute atomic E-state index is 13.8. The van der Waals surface area contributed by atoms with Crippen LogP contribution in [0.3, 0.4) is 0 Å². The smallest absolute Gasteiger partial charge is 0.211 e. The van der Waals surface area contributed by atoms with E-state index in [-0.39, 0.29) is 11.3 Å². The summed E-state index contributed by atoms with van der Waals surface area (Å²) in [6.45, 7) is 2.89. The van der Waals surface area contributed by atoms with Crippen molar-refractivity contribution in [2.75, 3.05) is 37.3 Å². The van der Waals surface area contributed by atoms with Gasteiger partial charge in [-0.15, -0.1) is 0 Å². The molecule has 1 saturated heterocycles. The second-order valence-electron chi connectivity index (χ2n) is 4.84. The van der Waals surface area contributed by atoms with E-state index < -0.39 is 15.8 Å². The fourth-order valence-electron chi connectivity index (χ4n) is 2.39. The normalized spacial score (nSPS) is 17.2. The lowest BCUT2D eigenvalue weighted by molar-refractivity contribution is 0.101. The number of carbonyl (C=O) groups is 1. The summed E-state index contributed by atoms with van der Waals surface area (Å²) in [5.74, 6) is -0.871. The van der Waals surface area contributed by atoms with Crippen molar-refractivity contribution >= 4 is 21.5 Å². The van der Waals surface area contributed by atoms with Gasteiger partial charge >= 0.3 is 0 Å². The Kier molecular flexibility index (Phi) is 4.10. The number of carbonyl (C=O) groups excluding carboxylic acids is 1. The number of Topliss-reactive ketones (excluding diaryl/α,β-unsaturated/α-hetero) is 1. The summed E-state index contributed by atoms with van der Waals surface area (Å²) in [7, 11) is -3.20. The Morgan fingerprint density at radius 1 is 1.20 bits per heavy atom. The van der Waals surface area contributed by atoms with Crippen LogP contribution in [0.1, 0.15) is 17.3 Å². The van der Waals surface area contributed by atoms with Gasteiger partial charge in [0.1, 0.15) is 5.82 Å². The molecule has 0 atom stereocenters. The van der Waals surface area contributed by atoms with E-state index in [2.05, 4.69) is 0 Å². The zero-order valence-corrected chi connectivity index (χ0v) is 12.3. The lowest BCUT2D eigenvalue weighted by Crippen LogP contribution is -2.48. The number of ketones is 1. The van der Waals surface area contributed by atoms with Gasteiger partial charge in [-0.05, 0) is 19.1 Å². The first-order chi connectivity index (χ1) is 9.30. The summed E-state index contributed by atoms with van der Waals surface area (Å²) in [4.78, 5) is 13.4. The van der Waals surface area contributed by atoms with E-state index in [1.165, 1.54) is 23.6 Å². The van der Waals surface area contributed by atoms with E-state index in [1.54, 1.807) is 12.1 Å². The SMILES string of the molecule is CC(=O)c1c(F)cccc1N1CCN(S(C)(=O)=O)CC1. The van der Waals surface area contributed by atoms with Gasteiger partial charge in [-0.2, -0.15) is 4.31 Å². The number of anilines is 1. The highest BCUT2D eigenvalue weighted by atomic mass is 32.2. The number of sulfonamides is 1. The van der Waals surface area contributed by atoms with Gasteiger partial charge in [0.25, 0.3) is 0 Å². The van der Waals surface area contributed by atoms with Crippen LogP contribution in [-0.2, 0) is 10.0 Å². The molecule has 0 N–H and O–H groups in total. The van der Waals surface area contributed by atoms with E-state index >= 15 is 0 Å². The van der Waals surface area contributed by atoms with Crippen LogP contribution in [0, 0.1) is 5.82 Å². The molecule has 0 aromatic heterocycles. The summed E-state index contributed by atoms with van der Waals surface area (Å²) < 4.78 is 38.1. The molecule has 2 rings (SSSR count). The summed E-state index contributed by atoms with van der Waals surface area (Å²) >= 11 is 0. The van der Waals surface area contributed by atoms with Crippen molar-refractivity contribution in [3.63, 3.8) is 0 Å². The summed E-state index contributed by atoms with van der Waals surface area (Å²) in [6.07, 6.45) is 1.17. The molecule has 1 aromatic carbocycles. The molecule has 0 bridgehead atoms. The number of nitrogens with zero attached hydrogens (tertiary/aromatic N) is 2. The van der Waals surface area contributed by atoms with Crippen LogP contribution in [0.4, 0.5) is 10.1 Å². The zero-order valence-electron chi connectivity index (χ0n) is 11.5. The summed E-state index contributed by atoms with van der Waals surface area (Å²) in [5.41, 5.74) is 0.603. The Bertz CT molecular complexity index is 623. The number of piperazine rings is 1. The molecule has 0 unspecified atom stereocenters. The van der Waals surface area contributed by atoms with Crippen molar-refractivity contribution < 1.29 is 17.6 Å². The topological polar surface area (TPSA) is 57.7 Å². The maximum atomic E-state index is 13.8. The average Bonchev–Trinajstić information content (AvgIpc) is 2.37. The zero-order chi connectivity index (χ0) is 14.9. The minimum atomic E-state index is -3.20. The van der Waals surface area contributed by atoms with Crippen LogP contribution in [0.15, 0.2) is 18.2 Å². The van der Waals surface area contributed by atoms with Crippen molar-refractivity contribution in [2.45, 2.75) is 6.92 Å². The number of hydrogen-bond acceptors (Lipinski definition) is 4. The first-order valence-electron chi connectivity index (χ1n) is 6.30. The van der Waals surface area contributed by atoms with Crippen LogP contribution in [0.25, 0.3) is 0 Å². The number of benzene rings is 1. The Hall–Kier alpha value is -1.47. The number of halogens is 1. The van der Waals surface area contributed by atoms with Gasteiger partial charge in [0.15, 0.2) is 5.78 Å². The predicted octanol–water partition coefficient (Wildman–Crippen LogP) is 1.11.